The lowest BCUT2D eigenvalue weighted by Gasteiger charge is -2.20. The molecular formula is C23H21Cl2NO3. The quantitative estimate of drug-likeness (QED) is 0.393. The van der Waals surface area contributed by atoms with Crippen LogP contribution in [0.2, 0.25) is 10.0 Å². The maximum Gasteiger partial charge on any atom is 0.314 e. The Balaban J connectivity index is 1.65. The number of esters is 1. The van der Waals surface area contributed by atoms with Crippen LogP contribution in [-0.4, -0.2) is 11.0 Å². The average molecular weight is 430 g/mol. The van der Waals surface area contributed by atoms with Crippen LogP contribution in [0, 0.1) is 5.92 Å². The number of nitrogens with zero attached hydrogens (tertiary/aromatic N) is 1. The molecule has 0 saturated carbocycles. The number of hydrogen-bond donors (Lipinski definition) is 0. The normalized spacial score (nSPS) is 11.9. The third kappa shape index (κ3) is 5.96. The van der Waals surface area contributed by atoms with E-state index in [0.717, 1.165) is 5.56 Å². The maximum atomic E-state index is 12.7. The molecule has 6 heteroatoms. The number of rotatable bonds is 7. The molecular weight excluding hydrogens is 409 g/mol. The second-order valence-corrected chi connectivity index (χ2v) is 7.78. The van der Waals surface area contributed by atoms with Crippen molar-refractivity contribution in [3.8, 4) is 11.6 Å². The van der Waals surface area contributed by atoms with Crippen molar-refractivity contribution in [2.45, 2.75) is 26.4 Å². The van der Waals surface area contributed by atoms with E-state index in [9.17, 15) is 4.79 Å². The van der Waals surface area contributed by atoms with E-state index in [-0.39, 0.29) is 24.4 Å². The van der Waals surface area contributed by atoms with Crippen LogP contribution < -0.4 is 4.74 Å². The molecule has 3 aromatic rings. The highest BCUT2D eigenvalue weighted by Gasteiger charge is 2.25. The van der Waals surface area contributed by atoms with Crippen LogP contribution in [0.25, 0.3) is 0 Å². The van der Waals surface area contributed by atoms with E-state index >= 15 is 0 Å². The van der Waals surface area contributed by atoms with Gasteiger partial charge in [0, 0.05) is 16.1 Å². The van der Waals surface area contributed by atoms with Gasteiger partial charge in [0.25, 0.3) is 0 Å². The molecule has 1 unspecified atom stereocenters. The molecule has 2 aromatic carbocycles. The van der Waals surface area contributed by atoms with Crippen LogP contribution >= 0.6 is 23.2 Å². The van der Waals surface area contributed by atoms with Crippen LogP contribution in [0.15, 0.2) is 66.7 Å². The maximum absolute atomic E-state index is 12.7. The monoisotopic (exact) mass is 429 g/mol. The van der Waals surface area contributed by atoms with E-state index < -0.39 is 0 Å². The van der Waals surface area contributed by atoms with Gasteiger partial charge in [0.15, 0.2) is 0 Å². The van der Waals surface area contributed by atoms with Crippen molar-refractivity contribution in [3.05, 3.63) is 88.0 Å². The molecule has 0 bridgehead atoms. The van der Waals surface area contributed by atoms with Gasteiger partial charge in [0.1, 0.15) is 12.4 Å². The Morgan fingerprint density at radius 1 is 0.931 bits per heavy atom. The summed E-state index contributed by atoms with van der Waals surface area (Å²) in [5.41, 5.74) is 1.48. The fourth-order valence-electron chi connectivity index (χ4n) is 2.92. The van der Waals surface area contributed by atoms with Gasteiger partial charge in [-0.15, -0.1) is 0 Å². The molecule has 1 atom stereocenters. The highest BCUT2D eigenvalue weighted by molar-refractivity contribution is 6.30. The largest absolute Gasteiger partial charge is 0.459 e. The van der Waals surface area contributed by atoms with Gasteiger partial charge in [-0.25, -0.2) is 4.98 Å². The minimum atomic E-state index is -0.374. The molecule has 1 heterocycles. The molecule has 3 rings (SSSR count). The standard InChI is InChI=1S/C23H21Cl2NO3/c1-15(2)22(16-6-8-17(24)9-7-16)23(27)28-14-19-4-3-5-21(26-19)29-20-12-10-18(25)11-13-20/h3-13,15,22H,14H2,1-2H3. The number of carbonyl (C=O) groups excluding carboxylic acids is 1. The van der Waals surface area contributed by atoms with E-state index in [1.54, 1.807) is 54.6 Å². The van der Waals surface area contributed by atoms with Crippen molar-refractivity contribution >= 4 is 29.2 Å². The van der Waals surface area contributed by atoms with E-state index in [1.807, 2.05) is 26.0 Å². The highest BCUT2D eigenvalue weighted by Crippen LogP contribution is 2.28. The second-order valence-electron chi connectivity index (χ2n) is 6.90. The van der Waals surface area contributed by atoms with Gasteiger partial charge in [-0.3, -0.25) is 4.79 Å². The van der Waals surface area contributed by atoms with Crippen molar-refractivity contribution in [2.75, 3.05) is 0 Å². The number of hydrogen-bond acceptors (Lipinski definition) is 4. The first-order valence-corrected chi connectivity index (χ1v) is 9.99. The molecule has 0 aliphatic heterocycles. The van der Waals surface area contributed by atoms with Crippen LogP contribution in [0.3, 0.4) is 0 Å². The Hall–Kier alpha value is -2.56. The van der Waals surface area contributed by atoms with Crippen molar-refractivity contribution in [1.82, 2.24) is 4.98 Å². The molecule has 0 saturated heterocycles. The zero-order chi connectivity index (χ0) is 20.8. The zero-order valence-electron chi connectivity index (χ0n) is 16.1. The molecule has 150 valence electrons. The summed E-state index contributed by atoms with van der Waals surface area (Å²) in [6, 6.07) is 19.6. The number of benzene rings is 2. The molecule has 0 spiro atoms. The SMILES string of the molecule is CC(C)C(C(=O)OCc1cccc(Oc2ccc(Cl)cc2)n1)c1ccc(Cl)cc1. The zero-order valence-corrected chi connectivity index (χ0v) is 17.7. The third-order valence-electron chi connectivity index (χ3n) is 4.33. The predicted molar refractivity (Wildman–Crippen MR) is 115 cm³/mol. The summed E-state index contributed by atoms with van der Waals surface area (Å²) >= 11 is 11.8. The molecule has 0 amide bonds. The lowest BCUT2D eigenvalue weighted by Crippen LogP contribution is -2.21. The summed E-state index contributed by atoms with van der Waals surface area (Å²) in [6.07, 6.45) is 0. The average Bonchev–Trinajstić information content (AvgIpc) is 2.70. The Labute approximate surface area is 180 Å². The summed E-state index contributed by atoms with van der Waals surface area (Å²) in [6.45, 7) is 4.03. The molecule has 0 N–H and O–H groups in total. The summed E-state index contributed by atoms with van der Waals surface area (Å²) in [7, 11) is 0. The Morgan fingerprint density at radius 3 is 2.17 bits per heavy atom. The van der Waals surface area contributed by atoms with Gasteiger partial charge in [0.2, 0.25) is 5.88 Å². The second kappa shape index (κ2) is 9.77. The van der Waals surface area contributed by atoms with Crippen LogP contribution in [0.5, 0.6) is 11.6 Å². The van der Waals surface area contributed by atoms with Crippen LogP contribution in [-0.2, 0) is 16.1 Å². The minimum Gasteiger partial charge on any atom is -0.459 e. The van der Waals surface area contributed by atoms with Gasteiger partial charge in [0.05, 0.1) is 11.6 Å². The number of pyridine rings is 1. The summed E-state index contributed by atoms with van der Waals surface area (Å²) in [4.78, 5) is 17.1. The van der Waals surface area contributed by atoms with Gasteiger partial charge in [-0.2, -0.15) is 0 Å². The van der Waals surface area contributed by atoms with Crippen LogP contribution in [0.1, 0.15) is 31.0 Å². The third-order valence-corrected chi connectivity index (χ3v) is 4.83. The molecule has 0 fully saturated rings. The van der Waals surface area contributed by atoms with Crippen molar-refractivity contribution in [2.24, 2.45) is 5.92 Å². The van der Waals surface area contributed by atoms with Crippen molar-refractivity contribution < 1.29 is 14.3 Å². The molecule has 1 aromatic heterocycles. The molecule has 0 radical (unpaired) electrons. The molecule has 0 aliphatic carbocycles. The summed E-state index contributed by atoms with van der Waals surface area (Å²) in [5.74, 6) is 0.447. The van der Waals surface area contributed by atoms with Gasteiger partial charge >= 0.3 is 5.97 Å². The number of carbonyl (C=O) groups is 1. The topological polar surface area (TPSA) is 48.4 Å². The number of halogens is 2. The van der Waals surface area contributed by atoms with E-state index in [4.69, 9.17) is 32.7 Å². The van der Waals surface area contributed by atoms with Gasteiger partial charge in [-0.1, -0.05) is 55.2 Å². The lowest BCUT2D eigenvalue weighted by atomic mass is 9.88. The minimum absolute atomic E-state index is 0.0630. The Morgan fingerprint density at radius 2 is 1.55 bits per heavy atom. The van der Waals surface area contributed by atoms with Crippen LogP contribution in [0.4, 0.5) is 0 Å². The first-order valence-electron chi connectivity index (χ1n) is 9.24. The fraction of sp³-hybridized carbons (Fsp3) is 0.217. The van der Waals surface area contributed by atoms with E-state index in [0.29, 0.717) is 27.4 Å². The fourth-order valence-corrected chi connectivity index (χ4v) is 3.17. The van der Waals surface area contributed by atoms with Gasteiger partial charge < -0.3 is 9.47 Å². The Kier molecular flexibility index (Phi) is 7.13. The summed E-state index contributed by atoms with van der Waals surface area (Å²) < 4.78 is 11.3. The Bertz CT molecular complexity index is 957. The van der Waals surface area contributed by atoms with E-state index in [1.165, 1.54) is 0 Å². The predicted octanol–water partition coefficient (Wildman–Crippen LogP) is 6.66. The first-order chi connectivity index (χ1) is 13.9. The first kappa shape index (κ1) is 21.2. The van der Waals surface area contributed by atoms with Crippen molar-refractivity contribution in [1.29, 1.82) is 0 Å². The van der Waals surface area contributed by atoms with E-state index in [2.05, 4.69) is 4.98 Å². The molecule has 29 heavy (non-hydrogen) atoms. The highest BCUT2D eigenvalue weighted by atomic mass is 35.5. The number of aromatic nitrogens is 1. The number of ether oxygens (including phenoxy) is 2. The summed E-state index contributed by atoms with van der Waals surface area (Å²) in [5, 5.41) is 1.26. The lowest BCUT2D eigenvalue weighted by molar-refractivity contribution is -0.148. The smallest absolute Gasteiger partial charge is 0.314 e. The molecule has 0 aliphatic rings. The molecule has 4 nitrogen and oxygen atoms in total. The van der Waals surface area contributed by atoms with Crippen molar-refractivity contribution in [3.63, 3.8) is 0 Å². The van der Waals surface area contributed by atoms with Gasteiger partial charge in [-0.05, 0) is 53.9 Å².